The SMILES string of the molecule is N[C@H]1C(OS)O[C@H](CO)[C@H](O)[C@@H]1O. The van der Waals surface area contributed by atoms with E-state index in [4.69, 9.17) is 15.6 Å². The van der Waals surface area contributed by atoms with E-state index < -0.39 is 37.3 Å². The van der Waals surface area contributed by atoms with E-state index in [0.717, 1.165) is 0 Å². The summed E-state index contributed by atoms with van der Waals surface area (Å²) in [5, 5.41) is 27.5. The number of ether oxygens (including phenoxy) is 1. The molecule has 78 valence electrons. The Morgan fingerprint density at radius 3 is 2.46 bits per heavy atom. The van der Waals surface area contributed by atoms with Crippen LogP contribution in [0.4, 0.5) is 0 Å². The Hall–Kier alpha value is 0.110. The summed E-state index contributed by atoms with van der Waals surface area (Å²) in [4.78, 5) is 0. The maximum Gasteiger partial charge on any atom is 0.188 e. The van der Waals surface area contributed by atoms with Crippen LogP contribution in [-0.4, -0.2) is 52.6 Å². The van der Waals surface area contributed by atoms with E-state index in [1.807, 2.05) is 0 Å². The van der Waals surface area contributed by atoms with E-state index in [-0.39, 0.29) is 0 Å². The van der Waals surface area contributed by atoms with Gasteiger partial charge in [-0.3, -0.25) is 4.18 Å². The van der Waals surface area contributed by atoms with Crippen LogP contribution in [0.5, 0.6) is 0 Å². The second-order valence-electron chi connectivity index (χ2n) is 2.89. The average Bonchev–Trinajstić information content (AvgIpc) is 2.15. The van der Waals surface area contributed by atoms with Gasteiger partial charge in [-0.05, 0) is 12.9 Å². The van der Waals surface area contributed by atoms with Crippen molar-refractivity contribution in [3.63, 3.8) is 0 Å². The van der Waals surface area contributed by atoms with Crippen molar-refractivity contribution in [3.8, 4) is 0 Å². The summed E-state index contributed by atoms with van der Waals surface area (Å²) < 4.78 is 9.52. The van der Waals surface area contributed by atoms with Gasteiger partial charge >= 0.3 is 0 Å². The highest BCUT2D eigenvalue weighted by molar-refractivity contribution is 7.75. The normalized spacial score (nSPS) is 46.4. The number of nitrogens with two attached hydrogens (primary N) is 1. The Balaban J connectivity index is 2.66. The minimum atomic E-state index is -1.21. The van der Waals surface area contributed by atoms with Gasteiger partial charge in [-0.2, -0.15) is 0 Å². The Morgan fingerprint density at radius 2 is 2.00 bits per heavy atom. The molecule has 0 aliphatic carbocycles. The van der Waals surface area contributed by atoms with Crippen molar-refractivity contribution >= 4 is 12.9 Å². The lowest BCUT2D eigenvalue weighted by Gasteiger charge is -2.39. The van der Waals surface area contributed by atoms with Crippen LogP contribution in [0.15, 0.2) is 0 Å². The molecule has 1 saturated heterocycles. The summed E-state index contributed by atoms with van der Waals surface area (Å²) in [6.07, 6.45) is -4.23. The van der Waals surface area contributed by atoms with Gasteiger partial charge in [-0.1, -0.05) is 0 Å². The quantitative estimate of drug-likeness (QED) is 0.258. The maximum atomic E-state index is 9.37. The molecule has 0 aromatic heterocycles. The molecule has 1 aliphatic rings. The molecule has 1 aliphatic heterocycles. The molecule has 0 saturated carbocycles. The van der Waals surface area contributed by atoms with Crippen molar-refractivity contribution in [2.75, 3.05) is 6.61 Å². The molecule has 6 nitrogen and oxygen atoms in total. The fraction of sp³-hybridized carbons (Fsp3) is 1.00. The van der Waals surface area contributed by atoms with Crippen molar-refractivity contribution < 1.29 is 24.2 Å². The number of aliphatic hydroxyl groups excluding tert-OH is 3. The molecule has 0 radical (unpaired) electrons. The fourth-order valence-corrected chi connectivity index (χ4v) is 1.39. The van der Waals surface area contributed by atoms with Crippen LogP contribution in [0.25, 0.3) is 0 Å². The predicted molar refractivity (Wildman–Crippen MR) is 45.8 cm³/mol. The van der Waals surface area contributed by atoms with Crippen molar-refractivity contribution in [2.45, 2.75) is 30.6 Å². The number of rotatable bonds is 2. The largest absolute Gasteiger partial charge is 0.394 e. The number of hydrogen-bond donors (Lipinski definition) is 5. The van der Waals surface area contributed by atoms with Crippen molar-refractivity contribution in [1.82, 2.24) is 0 Å². The monoisotopic (exact) mass is 211 g/mol. The second-order valence-corrected chi connectivity index (χ2v) is 3.10. The van der Waals surface area contributed by atoms with Gasteiger partial charge in [-0.25, -0.2) is 0 Å². The van der Waals surface area contributed by atoms with E-state index in [2.05, 4.69) is 17.1 Å². The highest BCUT2D eigenvalue weighted by Gasteiger charge is 2.42. The first-order chi connectivity index (χ1) is 6.11. The lowest BCUT2D eigenvalue weighted by Crippen LogP contribution is -2.62. The first kappa shape index (κ1) is 11.2. The molecule has 7 heteroatoms. The van der Waals surface area contributed by atoms with Crippen LogP contribution in [-0.2, 0) is 8.92 Å². The smallest absolute Gasteiger partial charge is 0.188 e. The van der Waals surface area contributed by atoms with Crippen LogP contribution in [0.2, 0.25) is 0 Å². The molecule has 1 fully saturated rings. The second kappa shape index (κ2) is 4.56. The van der Waals surface area contributed by atoms with Gasteiger partial charge in [0.2, 0.25) is 0 Å². The van der Waals surface area contributed by atoms with Gasteiger partial charge < -0.3 is 25.8 Å². The summed E-state index contributed by atoms with van der Waals surface area (Å²) >= 11 is 3.49. The van der Waals surface area contributed by atoms with Crippen LogP contribution in [0, 0.1) is 0 Å². The number of thiol groups is 1. The molecule has 0 aromatic carbocycles. The Morgan fingerprint density at radius 1 is 1.38 bits per heavy atom. The van der Waals surface area contributed by atoms with Crippen LogP contribution in [0.3, 0.4) is 0 Å². The first-order valence-corrected chi connectivity index (χ1v) is 4.16. The van der Waals surface area contributed by atoms with Crippen LogP contribution < -0.4 is 5.73 Å². The zero-order valence-corrected chi connectivity index (χ0v) is 7.67. The summed E-state index contributed by atoms with van der Waals surface area (Å²) in [5.41, 5.74) is 5.45. The van der Waals surface area contributed by atoms with Gasteiger partial charge in [0.15, 0.2) is 6.29 Å². The summed E-state index contributed by atoms with van der Waals surface area (Å²) in [6.45, 7) is -0.418. The van der Waals surface area contributed by atoms with Crippen molar-refractivity contribution in [3.05, 3.63) is 0 Å². The van der Waals surface area contributed by atoms with Crippen LogP contribution >= 0.6 is 12.9 Å². The van der Waals surface area contributed by atoms with E-state index in [1.54, 1.807) is 0 Å². The van der Waals surface area contributed by atoms with Gasteiger partial charge in [0.25, 0.3) is 0 Å². The van der Waals surface area contributed by atoms with Crippen molar-refractivity contribution in [1.29, 1.82) is 0 Å². The third-order valence-electron chi connectivity index (χ3n) is 2.03. The number of aliphatic hydroxyl groups is 3. The molecule has 5 atom stereocenters. The Bertz CT molecular complexity index is 151. The minimum absolute atomic E-state index is 0.418. The standard InChI is InChI=1S/C6H13NO5S/c7-3-5(10)4(9)2(1-8)11-6(3)12-13/h2-6,8-10,13H,1,7H2/t2-,3-,4+,5-,6?/m1/s1. The van der Waals surface area contributed by atoms with Gasteiger partial charge in [-0.15, -0.1) is 0 Å². The molecule has 0 amide bonds. The molecule has 1 heterocycles. The van der Waals surface area contributed by atoms with E-state index in [0.29, 0.717) is 0 Å². The highest BCUT2D eigenvalue weighted by atomic mass is 32.1. The highest BCUT2D eigenvalue weighted by Crippen LogP contribution is 2.20. The maximum absolute atomic E-state index is 9.37. The fourth-order valence-electron chi connectivity index (χ4n) is 1.20. The Kier molecular flexibility index (Phi) is 3.92. The molecule has 0 spiro atoms. The van der Waals surface area contributed by atoms with Gasteiger partial charge in [0, 0.05) is 0 Å². The average molecular weight is 211 g/mol. The Labute approximate surface area is 80.9 Å². The summed E-state index contributed by atoms with van der Waals surface area (Å²) in [7, 11) is 0. The van der Waals surface area contributed by atoms with E-state index in [9.17, 15) is 10.2 Å². The molecule has 5 N–H and O–H groups in total. The first-order valence-electron chi connectivity index (χ1n) is 3.80. The van der Waals surface area contributed by atoms with E-state index in [1.165, 1.54) is 0 Å². The molecular weight excluding hydrogens is 198 g/mol. The summed E-state index contributed by atoms with van der Waals surface area (Å²) in [5.74, 6) is 0. The molecule has 0 bridgehead atoms. The molecular formula is C6H13NO5S. The minimum Gasteiger partial charge on any atom is -0.394 e. The summed E-state index contributed by atoms with van der Waals surface area (Å²) in [6, 6.07) is -0.879. The molecule has 13 heavy (non-hydrogen) atoms. The lowest BCUT2D eigenvalue weighted by atomic mass is 9.98. The topological polar surface area (TPSA) is 105 Å². The third kappa shape index (κ3) is 2.13. The molecule has 1 rings (SSSR count). The zero-order chi connectivity index (χ0) is 10.0. The molecule has 0 aromatic rings. The molecule has 1 unspecified atom stereocenters. The predicted octanol–water partition coefficient (Wildman–Crippen LogP) is -2.39. The van der Waals surface area contributed by atoms with E-state index >= 15 is 0 Å². The van der Waals surface area contributed by atoms with Gasteiger partial charge in [0.1, 0.15) is 18.3 Å². The number of hydrogen-bond acceptors (Lipinski definition) is 7. The van der Waals surface area contributed by atoms with Crippen LogP contribution in [0.1, 0.15) is 0 Å². The van der Waals surface area contributed by atoms with Crippen molar-refractivity contribution in [2.24, 2.45) is 5.73 Å². The third-order valence-corrected chi connectivity index (χ3v) is 2.24. The lowest BCUT2D eigenvalue weighted by molar-refractivity contribution is -0.235. The van der Waals surface area contributed by atoms with Gasteiger partial charge in [0.05, 0.1) is 12.6 Å². The zero-order valence-electron chi connectivity index (χ0n) is 6.78.